The van der Waals surface area contributed by atoms with Gasteiger partial charge in [0.25, 0.3) is 10.1 Å². The van der Waals surface area contributed by atoms with Crippen LogP contribution in [0.25, 0.3) is 0 Å². The normalized spacial score (nSPS) is 14.5. The van der Waals surface area contributed by atoms with Crippen molar-refractivity contribution in [2.75, 3.05) is 6.54 Å². The smallest absolute Gasteiger partial charge is 0.288 e. The maximum absolute atomic E-state index is 12.8. The van der Waals surface area contributed by atoms with Crippen molar-refractivity contribution in [2.24, 2.45) is 0 Å². The Bertz CT molecular complexity index is 1190. The molecule has 0 amide bonds. The number of nitrogens with one attached hydrogen (secondary N) is 1. The molecule has 0 aliphatic heterocycles. The Morgan fingerprint density at radius 3 is 2.12 bits per heavy atom. The zero-order chi connectivity index (χ0) is 23.4. The summed E-state index contributed by atoms with van der Waals surface area (Å²) in [6.07, 6.45) is -0.0458. The van der Waals surface area contributed by atoms with E-state index in [9.17, 15) is 17.8 Å². The number of ketones is 1. The lowest BCUT2D eigenvalue weighted by atomic mass is 9.90. The van der Waals surface area contributed by atoms with Gasteiger partial charge in [-0.05, 0) is 35.6 Å². The molecule has 2 N–H and O–H groups in total. The summed E-state index contributed by atoms with van der Waals surface area (Å²) in [5, 5.41) is 3.60. The van der Waals surface area contributed by atoms with Crippen molar-refractivity contribution in [3.63, 3.8) is 0 Å². The number of Topliss-reactive ketones (excluding diaryl/α,β-unsaturated/α-hetero) is 1. The van der Waals surface area contributed by atoms with E-state index in [-0.39, 0.29) is 24.7 Å². The Hall–Kier alpha value is -2.22. The van der Waals surface area contributed by atoms with Crippen LogP contribution in [0.2, 0.25) is 10.0 Å². The molecule has 0 saturated heterocycles. The minimum atomic E-state index is -4.70. The average molecular weight is 492 g/mol. The molecule has 3 rings (SSSR count). The van der Waals surface area contributed by atoms with Crippen molar-refractivity contribution in [1.29, 1.82) is 0 Å². The van der Waals surface area contributed by atoms with Crippen LogP contribution in [0.5, 0.6) is 0 Å². The lowest BCUT2D eigenvalue weighted by Crippen LogP contribution is -2.51. The number of carbonyl (C=O) groups is 1. The van der Waals surface area contributed by atoms with Gasteiger partial charge in [0, 0.05) is 5.56 Å². The van der Waals surface area contributed by atoms with E-state index in [0.717, 1.165) is 5.56 Å². The average Bonchev–Trinajstić information content (AvgIpc) is 2.78. The first kappa shape index (κ1) is 24.4. The monoisotopic (exact) mass is 491 g/mol. The molecule has 5 nitrogen and oxygen atoms in total. The van der Waals surface area contributed by atoms with Crippen molar-refractivity contribution in [2.45, 2.75) is 24.1 Å². The third kappa shape index (κ3) is 5.39. The van der Waals surface area contributed by atoms with Gasteiger partial charge in [-0.1, -0.05) is 96.9 Å². The molecule has 3 aromatic carbocycles. The van der Waals surface area contributed by atoms with Gasteiger partial charge in [0.05, 0.1) is 16.6 Å². The maximum Gasteiger partial charge on any atom is 0.288 e. The Kier molecular flexibility index (Phi) is 7.75. The highest BCUT2D eigenvalue weighted by molar-refractivity contribution is 7.86. The largest absolute Gasteiger partial charge is 0.293 e. The van der Waals surface area contributed by atoms with E-state index in [2.05, 4.69) is 5.32 Å². The summed E-state index contributed by atoms with van der Waals surface area (Å²) in [5.74, 6) is -0.650. The van der Waals surface area contributed by atoms with Gasteiger partial charge in [0.1, 0.15) is 0 Å². The predicted octanol–water partition coefficient (Wildman–Crippen LogP) is 5.70. The van der Waals surface area contributed by atoms with Crippen LogP contribution in [0.3, 0.4) is 0 Å². The summed E-state index contributed by atoms with van der Waals surface area (Å²) in [7, 11) is -4.70. The highest BCUT2D eigenvalue weighted by Gasteiger charge is 2.46. The summed E-state index contributed by atoms with van der Waals surface area (Å²) in [5.41, 5.74) is 1.52. The lowest BCUT2D eigenvalue weighted by molar-refractivity contribution is 0.0982. The number of rotatable bonds is 9. The molecule has 0 radical (unpaired) electrons. The van der Waals surface area contributed by atoms with Crippen LogP contribution in [0.15, 0.2) is 78.9 Å². The molecule has 2 unspecified atom stereocenters. The molecule has 0 spiro atoms. The number of carbonyl (C=O) groups excluding carboxylic acids is 1. The van der Waals surface area contributed by atoms with Crippen LogP contribution in [0, 0.1) is 0 Å². The van der Waals surface area contributed by atoms with Crippen LogP contribution >= 0.6 is 23.2 Å². The number of halogens is 2. The molecular weight excluding hydrogens is 469 g/mol. The minimum absolute atomic E-state index is 0.0458. The molecule has 8 heteroatoms. The fourth-order valence-corrected chi connectivity index (χ4v) is 5.12. The van der Waals surface area contributed by atoms with E-state index in [1.165, 1.54) is 0 Å². The van der Waals surface area contributed by atoms with E-state index in [4.69, 9.17) is 23.2 Å². The van der Waals surface area contributed by atoms with Gasteiger partial charge >= 0.3 is 0 Å². The molecule has 0 aliphatic carbocycles. The highest BCUT2D eigenvalue weighted by atomic mass is 35.5. The van der Waals surface area contributed by atoms with Crippen molar-refractivity contribution in [3.8, 4) is 0 Å². The Morgan fingerprint density at radius 1 is 0.969 bits per heavy atom. The van der Waals surface area contributed by atoms with Crippen LogP contribution in [-0.2, 0) is 15.0 Å². The maximum atomic E-state index is 12.8. The van der Waals surface area contributed by atoms with E-state index >= 15 is 0 Å². The molecular formula is C24H23Cl2NO4S. The SMILES string of the molecule is CC(CC(NCC(=O)c1ccccc1)(c1ccccc1)S(=O)(=O)O)c1ccc(Cl)c(Cl)c1. The lowest BCUT2D eigenvalue weighted by Gasteiger charge is -2.34. The number of hydrogen-bond donors (Lipinski definition) is 2. The first-order chi connectivity index (χ1) is 15.1. The molecule has 3 aromatic rings. The molecule has 0 aromatic heterocycles. The van der Waals surface area contributed by atoms with Gasteiger partial charge < -0.3 is 0 Å². The molecule has 168 valence electrons. The summed E-state index contributed by atoms with van der Waals surface area (Å²) < 4.78 is 36.1. The van der Waals surface area contributed by atoms with Crippen molar-refractivity contribution >= 4 is 39.1 Å². The highest BCUT2D eigenvalue weighted by Crippen LogP contribution is 2.38. The predicted molar refractivity (Wildman–Crippen MR) is 128 cm³/mol. The molecule has 0 bridgehead atoms. The van der Waals surface area contributed by atoms with E-state index < -0.39 is 15.0 Å². The van der Waals surface area contributed by atoms with Gasteiger partial charge in [0.15, 0.2) is 10.7 Å². The third-order valence-corrected chi connectivity index (χ3v) is 7.58. The molecule has 0 fully saturated rings. The summed E-state index contributed by atoms with van der Waals surface area (Å²) >= 11 is 12.2. The van der Waals surface area contributed by atoms with Gasteiger partial charge in [-0.3, -0.25) is 14.7 Å². The summed E-state index contributed by atoms with van der Waals surface area (Å²) in [6.45, 7) is 1.54. The first-order valence-corrected chi connectivity index (χ1v) is 12.1. The second kappa shape index (κ2) is 10.1. The standard InChI is InChI=1S/C24H23Cl2NO4S/c1-17(19-12-13-21(25)22(26)14-19)15-24(32(29,30)31,20-10-6-3-7-11-20)27-16-23(28)18-8-4-2-5-9-18/h2-14,17,27H,15-16H2,1H3,(H,29,30,31). The van der Waals surface area contributed by atoms with Crippen LogP contribution in [-0.4, -0.2) is 25.3 Å². The Balaban J connectivity index is 2.01. The molecule has 2 atom stereocenters. The first-order valence-electron chi connectivity index (χ1n) is 9.95. The van der Waals surface area contributed by atoms with Gasteiger partial charge in [-0.15, -0.1) is 0 Å². The zero-order valence-corrected chi connectivity index (χ0v) is 19.7. The second-order valence-electron chi connectivity index (χ2n) is 7.59. The van der Waals surface area contributed by atoms with E-state index in [0.29, 0.717) is 21.2 Å². The molecule has 32 heavy (non-hydrogen) atoms. The van der Waals surface area contributed by atoms with Crippen molar-refractivity contribution in [3.05, 3.63) is 106 Å². The zero-order valence-electron chi connectivity index (χ0n) is 17.3. The van der Waals surface area contributed by atoms with Crippen molar-refractivity contribution < 1.29 is 17.8 Å². The number of benzene rings is 3. The van der Waals surface area contributed by atoms with Gasteiger partial charge in [-0.25, -0.2) is 0 Å². The Labute approximate surface area is 198 Å². The van der Waals surface area contributed by atoms with Gasteiger partial charge in [0.2, 0.25) is 0 Å². The van der Waals surface area contributed by atoms with Gasteiger partial charge in [-0.2, -0.15) is 8.42 Å². The molecule has 0 heterocycles. The summed E-state index contributed by atoms with van der Waals surface area (Å²) in [4.78, 5) is 10.8. The molecule has 0 aliphatic rings. The topological polar surface area (TPSA) is 83.5 Å². The molecule has 0 saturated carbocycles. The fraction of sp³-hybridized carbons (Fsp3) is 0.208. The van der Waals surface area contributed by atoms with Crippen LogP contribution < -0.4 is 5.32 Å². The van der Waals surface area contributed by atoms with Crippen molar-refractivity contribution in [1.82, 2.24) is 5.32 Å². The van der Waals surface area contributed by atoms with Crippen LogP contribution in [0.4, 0.5) is 0 Å². The third-order valence-electron chi connectivity index (χ3n) is 5.42. The fourth-order valence-electron chi connectivity index (χ4n) is 3.66. The quantitative estimate of drug-likeness (QED) is 0.296. The van der Waals surface area contributed by atoms with E-state index in [1.807, 2.05) is 6.92 Å². The van der Waals surface area contributed by atoms with Crippen LogP contribution in [0.1, 0.15) is 40.7 Å². The minimum Gasteiger partial charge on any atom is -0.293 e. The Morgan fingerprint density at radius 2 is 1.56 bits per heavy atom. The second-order valence-corrected chi connectivity index (χ2v) is 10.1. The summed E-state index contributed by atoms with van der Waals surface area (Å²) in [6, 6.07) is 21.9. The van der Waals surface area contributed by atoms with E-state index in [1.54, 1.807) is 78.9 Å². The number of hydrogen-bond acceptors (Lipinski definition) is 4.